The van der Waals surface area contributed by atoms with E-state index >= 15 is 0 Å². The number of rotatable bonds is 7. The van der Waals surface area contributed by atoms with Gasteiger partial charge >= 0.3 is 5.97 Å². The van der Waals surface area contributed by atoms with Crippen molar-refractivity contribution in [3.63, 3.8) is 0 Å². The molecule has 0 saturated heterocycles. The molecule has 6 heteroatoms. The van der Waals surface area contributed by atoms with Crippen molar-refractivity contribution < 1.29 is 19.5 Å². The van der Waals surface area contributed by atoms with E-state index in [-0.39, 0.29) is 5.97 Å². The number of carbonyl (C=O) groups excluding carboxylic acids is 2. The van der Waals surface area contributed by atoms with Crippen molar-refractivity contribution in [2.75, 3.05) is 11.9 Å². The predicted octanol–water partition coefficient (Wildman–Crippen LogP) is 2.71. The van der Waals surface area contributed by atoms with Crippen LogP contribution in [0.5, 0.6) is 0 Å². The Morgan fingerprint density at radius 3 is 2.45 bits per heavy atom. The highest BCUT2D eigenvalue weighted by Gasteiger charge is 2.35. The van der Waals surface area contributed by atoms with Crippen molar-refractivity contribution in [3.8, 4) is 0 Å². The summed E-state index contributed by atoms with van der Waals surface area (Å²) >= 11 is 0. The maximum atomic E-state index is 12.3. The zero-order chi connectivity index (χ0) is 16.6. The molecule has 0 aliphatic rings. The molecule has 1 rings (SSSR count). The summed E-state index contributed by atoms with van der Waals surface area (Å²) in [4.78, 5) is 23.6. The van der Waals surface area contributed by atoms with Crippen LogP contribution in [0.4, 0.5) is 5.69 Å². The Hall–Kier alpha value is -2.37. The predicted molar refractivity (Wildman–Crippen MR) is 84.2 cm³/mol. The third kappa shape index (κ3) is 4.31. The molecule has 1 aromatic rings. The number of hydrogen-bond donors (Lipinski definition) is 2. The highest BCUT2D eigenvalue weighted by molar-refractivity contribution is 6.31. The molecule has 0 radical (unpaired) electrons. The maximum absolute atomic E-state index is 12.3. The first-order valence-electron chi connectivity index (χ1n) is 7.24. The molecule has 22 heavy (non-hydrogen) atoms. The monoisotopic (exact) mass is 306 g/mol. The number of nitrogens with zero attached hydrogens (tertiary/aromatic N) is 1. The number of oxime groups is 1. The van der Waals surface area contributed by atoms with Crippen LogP contribution in [-0.2, 0) is 19.7 Å². The normalized spacial score (nSPS) is 13.6. The molecule has 0 aliphatic carbocycles. The summed E-state index contributed by atoms with van der Waals surface area (Å²) in [7, 11) is 0. The average Bonchev–Trinajstić information content (AvgIpc) is 2.48. The number of hydrogen-bond acceptors (Lipinski definition) is 5. The van der Waals surface area contributed by atoms with E-state index in [2.05, 4.69) is 10.5 Å². The molecule has 0 saturated carbocycles. The van der Waals surface area contributed by atoms with Gasteiger partial charge in [-0.3, -0.25) is 9.59 Å². The molecule has 0 bridgehead atoms. The molecule has 2 N–H and O–H groups in total. The van der Waals surface area contributed by atoms with Gasteiger partial charge in [0, 0.05) is 5.69 Å². The lowest BCUT2D eigenvalue weighted by Crippen LogP contribution is -2.34. The fourth-order valence-electron chi connectivity index (χ4n) is 2.30. The number of anilines is 1. The van der Waals surface area contributed by atoms with Gasteiger partial charge in [0.2, 0.25) is 0 Å². The second-order valence-electron chi connectivity index (χ2n) is 5.11. The van der Waals surface area contributed by atoms with Crippen LogP contribution in [0.2, 0.25) is 0 Å². The Morgan fingerprint density at radius 2 is 1.95 bits per heavy atom. The van der Waals surface area contributed by atoms with Crippen LogP contribution in [0.3, 0.4) is 0 Å². The number of amides is 1. The molecule has 0 fully saturated rings. The molecule has 1 atom stereocenters. The molecule has 1 unspecified atom stereocenters. The molecule has 1 aromatic carbocycles. The second-order valence-corrected chi connectivity index (χ2v) is 5.11. The molecule has 0 aliphatic heterocycles. The Morgan fingerprint density at radius 1 is 1.32 bits per heavy atom. The van der Waals surface area contributed by atoms with Crippen molar-refractivity contribution in [1.29, 1.82) is 0 Å². The van der Waals surface area contributed by atoms with E-state index in [0.717, 1.165) is 18.2 Å². The lowest BCUT2D eigenvalue weighted by atomic mass is 9.78. The van der Waals surface area contributed by atoms with Gasteiger partial charge in [0.1, 0.15) is 6.21 Å². The molecular weight excluding hydrogens is 284 g/mol. The zero-order valence-corrected chi connectivity index (χ0v) is 13.1. The third-order valence-corrected chi connectivity index (χ3v) is 3.44. The average molecular weight is 306 g/mol. The molecule has 6 nitrogen and oxygen atoms in total. The van der Waals surface area contributed by atoms with Crippen LogP contribution in [0.1, 0.15) is 39.2 Å². The molecule has 120 valence electrons. The van der Waals surface area contributed by atoms with Crippen LogP contribution in [-0.4, -0.2) is 29.9 Å². The van der Waals surface area contributed by atoms with Crippen molar-refractivity contribution in [1.82, 2.24) is 0 Å². The van der Waals surface area contributed by atoms with Crippen molar-refractivity contribution in [3.05, 3.63) is 29.8 Å². The van der Waals surface area contributed by atoms with Gasteiger partial charge in [0.25, 0.3) is 5.91 Å². The van der Waals surface area contributed by atoms with E-state index < -0.39 is 11.3 Å². The van der Waals surface area contributed by atoms with Gasteiger partial charge in [-0.05, 0) is 38.0 Å². The van der Waals surface area contributed by atoms with Gasteiger partial charge in [0.15, 0.2) is 0 Å². The van der Waals surface area contributed by atoms with Crippen LogP contribution >= 0.6 is 0 Å². The SMILES string of the molecule is CCCC(C)(C(=O)OCC)c1ccc(NC(=O)C=NO)cc1. The first-order valence-corrected chi connectivity index (χ1v) is 7.24. The number of esters is 1. The minimum atomic E-state index is -0.708. The minimum absolute atomic E-state index is 0.249. The highest BCUT2D eigenvalue weighted by atomic mass is 16.5. The Bertz CT molecular complexity index is 540. The van der Waals surface area contributed by atoms with Gasteiger partial charge < -0.3 is 15.3 Å². The lowest BCUT2D eigenvalue weighted by molar-refractivity contribution is -0.149. The molecule has 0 heterocycles. The fraction of sp³-hybridized carbons (Fsp3) is 0.438. The van der Waals surface area contributed by atoms with E-state index in [1.54, 1.807) is 31.2 Å². The van der Waals surface area contributed by atoms with E-state index in [0.29, 0.717) is 18.7 Å². The quantitative estimate of drug-likeness (QED) is 0.351. The molecular formula is C16H22N2O4. The van der Waals surface area contributed by atoms with Crippen LogP contribution in [0.25, 0.3) is 0 Å². The van der Waals surface area contributed by atoms with Crippen molar-refractivity contribution >= 4 is 23.8 Å². The number of ether oxygens (including phenoxy) is 1. The summed E-state index contributed by atoms with van der Waals surface area (Å²) in [6.07, 6.45) is 2.29. The highest BCUT2D eigenvalue weighted by Crippen LogP contribution is 2.31. The van der Waals surface area contributed by atoms with Crippen molar-refractivity contribution in [2.45, 2.75) is 39.0 Å². The number of nitrogens with one attached hydrogen (secondary N) is 1. The third-order valence-electron chi connectivity index (χ3n) is 3.44. The molecule has 1 amide bonds. The van der Waals surface area contributed by atoms with E-state index in [9.17, 15) is 9.59 Å². The molecule has 0 aromatic heterocycles. The Labute approximate surface area is 130 Å². The van der Waals surface area contributed by atoms with Crippen LogP contribution < -0.4 is 5.32 Å². The lowest BCUT2D eigenvalue weighted by Gasteiger charge is -2.27. The summed E-state index contributed by atoms with van der Waals surface area (Å²) in [6.45, 7) is 6.00. The summed E-state index contributed by atoms with van der Waals surface area (Å²) in [6, 6.07) is 6.98. The summed E-state index contributed by atoms with van der Waals surface area (Å²) < 4.78 is 5.19. The van der Waals surface area contributed by atoms with Crippen LogP contribution in [0, 0.1) is 0 Å². The number of benzene rings is 1. The van der Waals surface area contributed by atoms with Crippen LogP contribution in [0.15, 0.2) is 29.4 Å². The van der Waals surface area contributed by atoms with E-state index in [1.807, 2.05) is 13.8 Å². The van der Waals surface area contributed by atoms with Gasteiger partial charge in [-0.15, -0.1) is 0 Å². The summed E-state index contributed by atoms with van der Waals surface area (Å²) in [5.74, 6) is -0.780. The van der Waals surface area contributed by atoms with Gasteiger partial charge in [-0.1, -0.05) is 30.6 Å². The topological polar surface area (TPSA) is 88.0 Å². The Kier molecular flexibility index (Phi) is 6.56. The minimum Gasteiger partial charge on any atom is -0.465 e. The van der Waals surface area contributed by atoms with E-state index in [4.69, 9.17) is 9.94 Å². The van der Waals surface area contributed by atoms with Gasteiger partial charge in [-0.25, -0.2) is 0 Å². The largest absolute Gasteiger partial charge is 0.465 e. The first-order chi connectivity index (χ1) is 10.5. The summed E-state index contributed by atoms with van der Waals surface area (Å²) in [5, 5.41) is 13.5. The fourth-order valence-corrected chi connectivity index (χ4v) is 2.30. The standard InChI is InChI=1S/C16H22N2O4/c1-4-10-16(3,15(20)22-5-2)12-6-8-13(9-7-12)18-14(19)11-17-21/h6-9,11,21H,4-5,10H2,1-3H3,(H,18,19). The van der Waals surface area contributed by atoms with Gasteiger partial charge in [0.05, 0.1) is 12.0 Å². The van der Waals surface area contributed by atoms with E-state index in [1.165, 1.54) is 0 Å². The first kappa shape index (κ1) is 17.7. The summed E-state index contributed by atoms with van der Waals surface area (Å²) in [5.41, 5.74) is 0.679. The maximum Gasteiger partial charge on any atom is 0.316 e. The molecule has 0 spiro atoms. The smallest absolute Gasteiger partial charge is 0.316 e. The zero-order valence-electron chi connectivity index (χ0n) is 13.1. The van der Waals surface area contributed by atoms with Gasteiger partial charge in [-0.2, -0.15) is 0 Å². The van der Waals surface area contributed by atoms with Crippen molar-refractivity contribution in [2.24, 2.45) is 5.16 Å². The second kappa shape index (κ2) is 8.17. The number of carbonyl (C=O) groups is 2. The Balaban J connectivity index is 2.98.